The second kappa shape index (κ2) is 5.92. The largest absolute Gasteiger partial charge is 0.427 e. The topological polar surface area (TPSA) is 29.5 Å². The zero-order valence-corrected chi connectivity index (χ0v) is 12.2. The summed E-state index contributed by atoms with van der Waals surface area (Å²) in [5.41, 5.74) is -1.65. The van der Waals surface area contributed by atoms with Gasteiger partial charge in [0.2, 0.25) is 5.92 Å². The summed E-state index contributed by atoms with van der Waals surface area (Å²) in [6.45, 7) is 6.98. The number of alkyl halides is 2. The lowest BCUT2D eigenvalue weighted by Crippen LogP contribution is -2.47. The van der Waals surface area contributed by atoms with Crippen LogP contribution in [-0.2, 0) is 4.65 Å². The van der Waals surface area contributed by atoms with E-state index in [4.69, 9.17) is 4.65 Å². The summed E-state index contributed by atoms with van der Waals surface area (Å²) in [6, 6.07) is 0. The second-order valence-electron chi connectivity index (χ2n) is 6.40. The predicted octanol–water partition coefficient (Wildman–Crippen LogP) is 3.51. The van der Waals surface area contributed by atoms with E-state index >= 15 is 0 Å². The number of aliphatic hydroxyl groups is 1. The van der Waals surface area contributed by atoms with Gasteiger partial charge in [0.15, 0.2) is 0 Å². The lowest BCUT2D eigenvalue weighted by molar-refractivity contribution is -0.0894. The molecule has 1 saturated carbocycles. The molecule has 0 aromatic rings. The molecule has 2 nitrogen and oxygen atoms in total. The Kier molecular flexibility index (Phi) is 5.18. The van der Waals surface area contributed by atoms with E-state index in [1.807, 2.05) is 6.08 Å². The van der Waals surface area contributed by atoms with Crippen LogP contribution < -0.4 is 0 Å². The Labute approximate surface area is 115 Å². The van der Waals surface area contributed by atoms with E-state index in [-0.39, 0.29) is 18.8 Å². The van der Waals surface area contributed by atoms with Crippen LogP contribution in [0.1, 0.15) is 53.4 Å². The third kappa shape index (κ3) is 5.23. The van der Waals surface area contributed by atoms with Crippen LogP contribution in [0.15, 0.2) is 12.1 Å². The third-order valence-corrected chi connectivity index (χ3v) is 4.06. The van der Waals surface area contributed by atoms with E-state index in [9.17, 15) is 13.9 Å². The number of hydrogen-bond donors (Lipinski definition) is 1. The lowest BCUT2D eigenvalue weighted by Gasteiger charge is -2.37. The SMILES string of the molecule is CC(C)(O)C(C)(C)O[B]/C=C/C1CCC(F)(F)CC1. The van der Waals surface area contributed by atoms with Gasteiger partial charge >= 0.3 is 7.48 Å². The lowest BCUT2D eigenvalue weighted by atomic mass is 9.83. The molecule has 0 aromatic heterocycles. The van der Waals surface area contributed by atoms with Crippen LogP contribution in [0.5, 0.6) is 0 Å². The molecule has 0 bridgehead atoms. The molecule has 1 aliphatic carbocycles. The maximum atomic E-state index is 13.0. The van der Waals surface area contributed by atoms with Crippen molar-refractivity contribution in [1.29, 1.82) is 0 Å². The Morgan fingerprint density at radius 1 is 1.21 bits per heavy atom. The molecular formula is C14H24BF2O2. The fourth-order valence-electron chi connectivity index (χ4n) is 1.81. The molecule has 0 atom stereocenters. The average molecular weight is 273 g/mol. The monoisotopic (exact) mass is 273 g/mol. The van der Waals surface area contributed by atoms with Gasteiger partial charge in [-0.3, -0.25) is 0 Å². The van der Waals surface area contributed by atoms with Crippen LogP contribution in [-0.4, -0.2) is 29.7 Å². The van der Waals surface area contributed by atoms with Crippen molar-refractivity contribution in [3.05, 3.63) is 12.1 Å². The molecule has 0 amide bonds. The van der Waals surface area contributed by atoms with Crippen molar-refractivity contribution in [2.45, 2.75) is 70.5 Å². The summed E-state index contributed by atoms with van der Waals surface area (Å²) in [5.74, 6) is -0.528. The highest BCUT2D eigenvalue weighted by Crippen LogP contribution is 2.36. The minimum Gasteiger partial charge on any atom is -0.427 e. The molecule has 0 aliphatic heterocycles. The highest BCUT2D eigenvalue weighted by Gasteiger charge is 2.36. The van der Waals surface area contributed by atoms with Crippen molar-refractivity contribution in [3.8, 4) is 0 Å². The summed E-state index contributed by atoms with van der Waals surface area (Å²) in [7, 11) is 1.53. The van der Waals surface area contributed by atoms with Crippen molar-refractivity contribution < 1.29 is 18.5 Å². The first kappa shape index (κ1) is 16.6. The van der Waals surface area contributed by atoms with Gasteiger partial charge in [-0.1, -0.05) is 12.1 Å². The Morgan fingerprint density at radius 2 is 1.74 bits per heavy atom. The Hall–Kier alpha value is -0.415. The summed E-state index contributed by atoms with van der Waals surface area (Å²) in [6.07, 6.45) is 2.89. The van der Waals surface area contributed by atoms with Gasteiger partial charge in [-0.05, 0) is 46.5 Å². The Bertz CT molecular complexity index is 312. The summed E-state index contributed by atoms with van der Waals surface area (Å²) in [4.78, 5) is 0. The minimum atomic E-state index is -2.48. The molecule has 109 valence electrons. The van der Waals surface area contributed by atoms with Gasteiger partial charge in [0.25, 0.3) is 0 Å². The molecule has 19 heavy (non-hydrogen) atoms. The molecule has 0 heterocycles. The van der Waals surface area contributed by atoms with Crippen LogP contribution in [0.25, 0.3) is 0 Å². The normalized spacial score (nSPS) is 21.8. The smallest absolute Gasteiger partial charge is 0.322 e. The number of hydrogen-bond acceptors (Lipinski definition) is 2. The van der Waals surface area contributed by atoms with Gasteiger partial charge in [0, 0.05) is 12.8 Å². The maximum Gasteiger partial charge on any atom is 0.322 e. The van der Waals surface area contributed by atoms with Gasteiger partial charge in [-0.25, -0.2) is 8.78 Å². The van der Waals surface area contributed by atoms with E-state index in [1.165, 1.54) is 7.48 Å². The highest BCUT2D eigenvalue weighted by molar-refractivity contribution is 6.34. The fourth-order valence-corrected chi connectivity index (χ4v) is 1.81. The highest BCUT2D eigenvalue weighted by atomic mass is 19.3. The predicted molar refractivity (Wildman–Crippen MR) is 73.3 cm³/mol. The molecular weight excluding hydrogens is 249 g/mol. The van der Waals surface area contributed by atoms with Crippen molar-refractivity contribution in [3.63, 3.8) is 0 Å². The quantitative estimate of drug-likeness (QED) is 0.777. The molecule has 0 spiro atoms. The maximum absolute atomic E-state index is 13.0. The molecule has 1 rings (SSSR count). The second-order valence-corrected chi connectivity index (χ2v) is 6.40. The van der Waals surface area contributed by atoms with Crippen LogP contribution >= 0.6 is 0 Å². The van der Waals surface area contributed by atoms with Crippen LogP contribution in [0.3, 0.4) is 0 Å². The zero-order chi connectivity index (χ0) is 14.7. The first-order valence-corrected chi connectivity index (χ1v) is 6.82. The Morgan fingerprint density at radius 3 is 2.21 bits per heavy atom. The first-order chi connectivity index (χ1) is 8.54. The molecule has 1 fully saturated rings. The number of allylic oxidation sites excluding steroid dienone is 1. The van der Waals surface area contributed by atoms with Gasteiger partial charge in [0.05, 0.1) is 11.2 Å². The van der Waals surface area contributed by atoms with Gasteiger partial charge < -0.3 is 9.76 Å². The molecule has 0 unspecified atom stereocenters. The van der Waals surface area contributed by atoms with Gasteiger partial charge in [-0.2, -0.15) is 0 Å². The summed E-state index contributed by atoms with van der Waals surface area (Å²) < 4.78 is 31.5. The first-order valence-electron chi connectivity index (χ1n) is 6.82. The van der Waals surface area contributed by atoms with Crippen molar-refractivity contribution in [2.24, 2.45) is 5.92 Å². The van der Waals surface area contributed by atoms with E-state index in [2.05, 4.69) is 0 Å². The fraction of sp³-hybridized carbons (Fsp3) is 0.857. The van der Waals surface area contributed by atoms with Crippen LogP contribution in [0.4, 0.5) is 8.78 Å². The standard InChI is InChI=1S/C14H24BF2O2/c1-12(2,18)13(3,4)19-15-10-7-11-5-8-14(16,17)9-6-11/h7,10-11,18H,5-6,8-9H2,1-4H3/b10-7+. The van der Waals surface area contributed by atoms with E-state index in [0.717, 1.165) is 0 Å². The zero-order valence-electron chi connectivity index (χ0n) is 12.2. The summed E-state index contributed by atoms with van der Waals surface area (Å²) in [5, 5.41) is 9.90. The van der Waals surface area contributed by atoms with Crippen molar-refractivity contribution >= 4 is 7.48 Å². The summed E-state index contributed by atoms with van der Waals surface area (Å²) >= 11 is 0. The Balaban J connectivity index is 2.32. The molecule has 5 heteroatoms. The number of rotatable bonds is 5. The van der Waals surface area contributed by atoms with E-state index in [0.29, 0.717) is 12.8 Å². The molecule has 1 N–H and O–H groups in total. The van der Waals surface area contributed by atoms with Crippen LogP contribution in [0.2, 0.25) is 0 Å². The van der Waals surface area contributed by atoms with Gasteiger partial charge in [-0.15, -0.1) is 0 Å². The average Bonchev–Trinajstić information content (AvgIpc) is 2.24. The van der Waals surface area contributed by atoms with E-state index in [1.54, 1.807) is 33.7 Å². The molecule has 0 aromatic carbocycles. The van der Waals surface area contributed by atoms with E-state index < -0.39 is 17.1 Å². The molecule has 0 saturated heterocycles. The van der Waals surface area contributed by atoms with Crippen molar-refractivity contribution in [2.75, 3.05) is 0 Å². The van der Waals surface area contributed by atoms with Crippen LogP contribution in [0, 0.1) is 5.92 Å². The third-order valence-electron chi connectivity index (χ3n) is 4.06. The molecule has 1 radical (unpaired) electrons. The number of halogens is 2. The minimum absolute atomic E-state index is 0.0297. The van der Waals surface area contributed by atoms with Crippen molar-refractivity contribution in [1.82, 2.24) is 0 Å². The molecule has 1 aliphatic rings. The van der Waals surface area contributed by atoms with Gasteiger partial charge in [0.1, 0.15) is 0 Å².